The molecule has 0 aromatic carbocycles. The molecule has 92 valence electrons. The summed E-state index contributed by atoms with van der Waals surface area (Å²) in [5.41, 5.74) is 0.0391. The summed E-state index contributed by atoms with van der Waals surface area (Å²) in [5.74, 6) is -0.285. The van der Waals surface area contributed by atoms with Crippen LogP contribution in [0.4, 0.5) is 5.00 Å². The minimum Gasteiger partial charge on any atom is -0.377 e. The second-order valence-corrected chi connectivity index (χ2v) is 5.40. The maximum atomic E-state index is 12.0. The average Bonchev–Trinajstić information content (AvgIpc) is 2.77. The fraction of sp³-hybridized carbons (Fsp3) is 0.600. The molecule has 1 aliphatic rings. The largest absolute Gasteiger partial charge is 0.377 e. The minimum absolute atomic E-state index is 0.141. The van der Waals surface area contributed by atoms with E-state index in [0.717, 1.165) is 5.00 Å². The molecule has 1 saturated heterocycles. The van der Waals surface area contributed by atoms with E-state index in [-0.39, 0.29) is 24.8 Å². The number of nitrogens with zero attached hydrogens (tertiary/aromatic N) is 3. The second-order valence-electron chi connectivity index (χ2n) is 4.64. The lowest BCUT2D eigenvalue weighted by Crippen LogP contribution is -2.32. The first-order valence-corrected chi connectivity index (χ1v) is 6.07. The van der Waals surface area contributed by atoms with Crippen molar-refractivity contribution in [2.24, 2.45) is 5.41 Å². The Balaban J connectivity index is 2.20. The van der Waals surface area contributed by atoms with E-state index in [1.807, 2.05) is 0 Å². The van der Waals surface area contributed by atoms with E-state index in [2.05, 4.69) is 14.9 Å². The van der Waals surface area contributed by atoms with E-state index in [1.165, 1.54) is 16.4 Å². The Hall–Kier alpha value is -1.50. The minimum atomic E-state index is -0.597. The Labute approximate surface area is 103 Å². The molecule has 1 fully saturated rings. The quantitative estimate of drug-likeness (QED) is 0.810. The van der Waals surface area contributed by atoms with Gasteiger partial charge in [-0.25, -0.2) is 0 Å². The van der Waals surface area contributed by atoms with Crippen LogP contribution in [-0.4, -0.2) is 33.3 Å². The van der Waals surface area contributed by atoms with Gasteiger partial charge < -0.3 is 5.32 Å². The molecule has 0 saturated carbocycles. The predicted octanol–water partition coefficient (Wildman–Crippen LogP) is 0.865. The maximum Gasteiger partial charge on any atom is 0.235 e. The van der Waals surface area contributed by atoms with Gasteiger partial charge in [-0.3, -0.25) is 14.5 Å². The first-order valence-electron chi connectivity index (χ1n) is 5.29. The highest BCUT2D eigenvalue weighted by molar-refractivity contribution is 7.10. The summed E-state index contributed by atoms with van der Waals surface area (Å²) in [4.78, 5) is 25.0. The van der Waals surface area contributed by atoms with Crippen LogP contribution in [0.5, 0.6) is 0 Å². The van der Waals surface area contributed by atoms with E-state index in [1.54, 1.807) is 20.9 Å². The van der Waals surface area contributed by atoms with Crippen molar-refractivity contribution >= 4 is 28.3 Å². The molecule has 0 aliphatic carbocycles. The van der Waals surface area contributed by atoms with Crippen LogP contribution in [0.3, 0.4) is 0 Å². The molecule has 17 heavy (non-hydrogen) atoms. The zero-order chi connectivity index (χ0) is 12.6. The fourth-order valence-corrected chi connectivity index (χ4v) is 2.36. The molecule has 1 aromatic heterocycles. The first-order chi connectivity index (χ1) is 7.95. The van der Waals surface area contributed by atoms with Gasteiger partial charge >= 0.3 is 0 Å². The zero-order valence-corrected chi connectivity index (χ0v) is 10.8. The number of anilines is 1. The number of aromatic nitrogens is 2. The molecule has 0 atom stereocenters. The van der Waals surface area contributed by atoms with Crippen molar-refractivity contribution in [3.63, 3.8) is 0 Å². The highest BCUT2D eigenvalue weighted by Gasteiger charge is 2.45. The van der Waals surface area contributed by atoms with Gasteiger partial charge in [-0.1, -0.05) is 18.3 Å². The molecule has 7 heteroatoms. The molecule has 1 aliphatic heterocycles. The molecule has 0 radical (unpaired) electrons. The Morgan fingerprint density at radius 3 is 2.71 bits per heavy atom. The van der Waals surface area contributed by atoms with Crippen molar-refractivity contribution in [2.45, 2.75) is 26.8 Å². The lowest BCUT2D eigenvalue weighted by atomic mass is 9.92. The zero-order valence-electron chi connectivity index (χ0n) is 9.98. The number of hydrogen-bond donors (Lipinski definition) is 1. The summed E-state index contributed by atoms with van der Waals surface area (Å²) in [7, 11) is 1.76. The van der Waals surface area contributed by atoms with Gasteiger partial charge in [-0.15, -0.1) is 5.10 Å². The number of carbonyl (C=O) groups excluding carboxylic acids is 2. The van der Waals surface area contributed by atoms with E-state index in [0.29, 0.717) is 5.69 Å². The monoisotopic (exact) mass is 254 g/mol. The summed E-state index contributed by atoms with van der Waals surface area (Å²) >= 11 is 1.21. The number of imide groups is 1. The molecule has 0 spiro atoms. The molecule has 1 N–H and O–H groups in total. The number of hydrogen-bond acceptors (Lipinski definition) is 6. The second kappa shape index (κ2) is 4.06. The van der Waals surface area contributed by atoms with Crippen molar-refractivity contribution < 1.29 is 9.59 Å². The van der Waals surface area contributed by atoms with Crippen molar-refractivity contribution in [1.82, 2.24) is 14.5 Å². The maximum absolute atomic E-state index is 12.0. The number of likely N-dealkylation sites (tertiary alicyclic amines) is 1. The van der Waals surface area contributed by atoms with Crippen LogP contribution in [0.25, 0.3) is 0 Å². The van der Waals surface area contributed by atoms with Gasteiger partial charge in [0.15, 0.2) is 0 Å². The van der Waals surface area contributed by atoms with Crippen LogP contribution in [0.2, 0.25) is 0 Å². The normalized spacial score (nSPS) is 18.9. The molecule has 2 heterocycles. The third-order valence-corrected chi connectivity index (χ3v) is 3.59. The van der Waals surface area contributed by atoms with Crippen LogP contribution in [0.15, 0.2) is 0 Å². The Morgan fingerprint density at radius 2 is 2.18 bits per heavy atom. The van der Waals surface area contributed by atoms with Gasteiger partial charge in [0.25, 0.3) is 0 Å². The third-order valence-electron chi connectivity index (χ3n) is 2.81. The summed E-state index contributed by atoms with van der Waals surface area (Å²) < 4.78 is 3.80. The summed E-state index contributed by atoms with van der Waals surface area (Å²) in [5, 5.41) is 7.66. The summed E-state index contributed by atoms with van der Waals surface area (Å²) in [6.45, 7) is 3.77. The molecule has 1 aromatic rings. The highest BCUT2D eigenvalue weighted by atomic mass is 32.1. The first kappa shape index (κ1) is 12.0. The number of rotatable bonds is 3. The van der Waals surface area contributed by atoms with Crippen molar-refractivity contribution in [3.8, 4) is 0 Å². The van der Waals surface area contributed by atoms with Gasteiger partial charge in [0.2, 0.25) is 11.8 Å². The van der Waals surface area contributed by atoms with Crippen LogP contribution in [0.1, 0.15) is 26.0 Å². The number of carbonyl (C=O) groups is 2. The number of amides is 2. The Kier molecular flexibility index (Phi) is 2.86. The Morgan fingerprint density at radius 1 is 1.47 bits per heavy atom. The number of nitrogens with one attached hydrogen (secondary N) is 1. The molecule has 0 unspecified atom stereocenters. The average molecular weight is 254 g/mol. The highest BCUT2D eigenvalue weighted by Crippen LogP contribution is 2.33. The summed E-state index contributed by atoms with van der Waals surface area (Å²) in [6.07, 6.45) is 0.262. The van der Waals surface area contributed by atoms with E-state index < -0.39 is 5.41 Å². The van der Waals surface area contributed by atoms with Gasteiger partial charge in [-0.2, -0.15) is 0 Å². The molecule has 2 amide bonds. The molecular weight excluding hydrogens is 240 g/mol. The fourth-order valence-electron chi connectivity index (χ4n) is 1.84. The van der Waals surface area contributed by atoms with Gasteiger partial charge in [0.1, 0.15) is 10.7 Å². The van der Waals surface area contributed by atoms with Gasteiger partial charge in [0.05, 0.1) is 12.0 Å². The predicted molar refractivity (Wildman–Crippen MR) is 63.4 cm³/mol. The van der Waals surface area contributed by atoms with E-state index >= 15 is 0 Å². The molecule has 2 rings (SSSR count). The molecule has 0 bridgehead atoms. The van der Waals surface area contributed by atoms with Crippen molar-refractivity contribution in [2.75, 3.05) is 12.4 Å². The van der Waals surface area contributed by atoms with Crippen LogP contribution >= 0.6 is 11.5 Å². The Bertz CT molecular complexity index is 469. The standard InChI is InChI=1S/C10H14N4O2S/c1-10(2)4-7(15)14(9(10)16)5-6-8(11-3)17-13-12-6/h11H,4-5H2,1-3H3. The lowest BCUT2D eigenvalue weighted by Gasteiger charge is -2.16. The van der Waals surface area contributed by atoms with Crippen LogP contribution in [-0.2, 0) is 16.1 Å². The van der Waals surface area contributed by atoms with Crippen molar-refractivity contribution in [3.05, 3.63) is 5.69 Å². The van der Waals surface area contributed by atoms with Gasteiger partial charge in [-0.05, 0) is 0 Å². The summed E-state index contributed by atoms with van der Waals surface area (Å²) in [6, 6.07) is 0. The van der Waals surface area contributed by atoms with Gasteiger partial charge in [0, 0.05) is 25.0 Å². The van der Waals surface area contributed by atoms with Crippen molar-refractivity contribution in [1.29, 1.82) is 0 Å². The van der Waals surface area contributed by atoms with E-state index in [4.69, 9.17) is 0 Å². The van der Waals surface area contributed by atoms with Crippen LogP contribution < -0.4 is 5.32 Å². The van der Waals surface area contributed by atoms with Crippen LogP contribution in [0, 0.1) is 5.41 Å². The molecule has 6 nitrogen and oxygen atoms in total. The lowest BCUT2D eigenvalue weighted by molar-refractivity contribution is -0.141. The topological polar surface area (TPSA) is 75.2 Å². The smallest absolute Gasteiger partial charge is 0.235 e. The van der Waals surface area contributed by atoms with E-state index in [9.17, 15) is 9.59 Å². The third kappa shape index (κ3) is 2.02. The SMILES string of the molecule is CNc1snnc1CN1C(=O)CC(C)(C)C1=O. The molecular formula is C10H14N4O2S.